The normalized spacial score (nSPS) is 10.2. The molecule has 5 nitrogen and oxygen atoms in total. The van der Waals surface area contributed by atoms with Gasteiger partial charge in [-0.25, -0.2) is 0 Å². The number of aliphatic hydroxyl groups excluding tert-OH is 1. The second-order valence-corrected chi connectivity index (χ2v) is 4.41. The van der Waals surface area contributed by atoms with Gasteiger partial charge >= 0.3 is 0 Å². The summed E-state index contributed by atoms with van der Waals surface area (Å²) in [6.07, 6.45) is 0. The number of hydrogen-bond donors (Lipinski definition) is 4. The van der Waals surface area contributed by atoms with E-state index in [9.17, 15) is 0 Å². The van der Waals surface area contributed by atoms with Gasteiger partial charge in [-0.05, 0) is 35.9 Å². The van der Waals surface area contributed by atoms with Crippen molar-refractivity contribution in [3.63, 3.8) is 0 Å². The van der Waals surface area contributed by atoms with Crippen LogP contribution in [0.3, 0.4) is 0 Å². The summed E-state index contributed by atoms with van der Waals surface area (Å²) >= 11 is 0. The minimum atomic E-state index is -0.00250. The Balaban J connectivity index is 2.01. The summed E-state index contributed by atoms with van der Waals surface area (Å²) in [4.78, 5) is 0. The van der Waals surface area contributed by atoms with Gasteiger partial charge in [0.2, 0.25) is 0 Å². The number of aliphatic hydroxyl groups is 1. The molecule has 0 heterocycles. The van der Waals surface area contributed by atoms with Gasteiger partial charge in [-0.15, -0.1) is 0 Å². The predicted molar refractivity (Wildman–Crippen MR) is 81.6 cm³/mol. The summed E-state index contributed by atoms with van der Waals surface area (Å²) in [7, 11) is 0. The third kappa shape index (κ3) is 3.80. The lowest BCUT2D eigenvalue weighted by molar-refractivity contribution is 0.201. The summed E-state index contributed by atoms with van der Waals surface area (Å²) < 4.78 is 5.36. The Hall–Kier alpha value is -2.40. The van der Waals surface area contributed by atoms with Crippen LogP contribution in [0, 0.1) is 0 Å². The standard InChI is InChI=1S/C15H19N3O2/c16-12-4-5-15(17)11(8-12)10-18-13-2-1-3-14(9-13)20-7-6-19/h1-5,8-9,18-19H,6-7,10,16-17H2. The summed E-state index contributed by atoms with van der Waals surface area (Å²) in [6, 6.07) is 13.0. The molecule has 2 aromatic rings. The van der Waals surface area contributed by atoms with Crippen LogP contribution in [0.25, 0.3) is 0 Å². The van der Waals surface area contributed by atoms with Crippen molar-refractivity contribution in [3.05, 3.63) is 48.0 Å². The smallest absolute Gasteiger partial charge is 0.121 e. The molecular weight excluding hydrogens is 254 g/mol. The van der Waals surface area contributed by atoms with Crippen LogP contribution < -0.4 is 21.5 Å². The quantitative estimate of drug-likeness (QED) is 0.602. The van der Waals surface area contributed by atoms with Crippen molar-refractivity contribution in [2.24, 2.45) is 0 Å². The molecular formula is C15H19N3O2. The van der Waals surface area contributed by atoms with Crippen molar-refractivity contribution < 1.29 is 9.84 Å². The summed E-state index contributed by atoms with van der Waals surface area (Å²) in [6.45, 7) is 0.865. The molecule has 0 saturated carbocycles. The molecule has 0 atom stereocenters. The number of rotatable bonds is 6. The van der Waals surface area contributed by atoms with Gasteiger partial charge in [0.1, 0.15) is 12.4 Å². The number of anilines is 3. The largest absolute Gasteiger partial charge is 0.491 e. The van der Waals surface area contributed by atoms with Crippen LogP contribution in [0.2, 0.25) is 0 Å². The molecule has 0 fully saturated rings. The van der Waals surface area contributed by atoms with E-state index in [2.05, 4.69) is 5.32 Å². The van der Waals surface area contributed by atoms with E-state index in [1.54, 1.807) is 12.1 Å². The van der Waals surface area contributed by atoms with Crippen molar-refractivity contribution in [2.75, 3.05) is 30.0 Å². The van der Waals surface area contributed by atoms with Gasteiger partial charge in [0.15, 0.2) is 0 Å². The van der Waals surface area contributed by atoms with Crippen molar-refractivity contribution in [2.45, 2.75) is 6.54 Å². The Labute approximate surface area is 118 Å². The topological polar surface area (TPSA) is 93.5 Å². The molecule has 2 rings (SSSR count). The second-order valence-electron chi connectivity index (χ2n) is 4.41. The fourth-order valence-corrected chi connectivity index (χ4v) is 1.84. The minimum Gasteiger partial charge on any atom is -0.491 e. The van der Waals surface area contributed by atoms with Crippen LogP contribution in [0.15, 0.2) is 42.5 Å². The average molecular weight is 273 g/mol. The number of nitrogens with one attached hydrogen (secondary N) is 1. The lowest BCUT2D eigenvalue weighted by Crippen LogP contribution is -2.05. The van der Waals surface area contributed by atoms with Gasteiger partial charge in [-0.1, -0.05) is 6.07 Å². The molecule has 0 aliphatic rings. The van der Waals surface area contributed by atoms with Gasteiger partial charge in [0, 0.05) is 29.7 Å². The Bertz CT molecular complexity index is 573. The van der Waals surface area contributed by atoms with E-state index in [-0.39, 0.29) is 13.2 Å². The van der Waals surface area contributed by atoms with E-state index >= 15 is 0 Å². The molecule has 0 amide bonds. The Morgan fingerprint density at radius 2 is 1.95 bits per heavy atom. The van der Waals surface area contributed by atoms with Crippen molar-refractivity contribution in [1.82, 2.24) is 0 Å². The van der Waals surface area contributed by atoms with E-state index in [0.717, 1.165) is 11.3 Å². The lowest BCUT2D eigenvalue weighted by atomic mass is 10.1. The van der Waals surface area contributed by atoms with Gasteiger partial charge in [0.05, 0.1) is 6.61 Å². The van der Waals surface area contributed by atoms with E-state index in [0.29, 0.717) is 23.7 Å². The van der Waals surface area contributed by atoms with Crippen LogP contribution in [-0.4, -0.2) is 18.3 Å². The second kappa shape index (κ2) is 6.68. The first-order valence-corrected chi connectivity index (χ1v) is 6.40. The van der Waals surface area contributed by atoms with Crippen molar-refractivity contribution in [1.29, 1.82) is 0 Å². The first-order chi connectivity index (χ1) is 9.69. The molecule has 0 bridgehead atoms. The van der Waals surface area contributed by atoms with Gasteiger partial charge in [0.25, 0.3) is 0 Å². The molecule has 6 N–H and O–H groups in total. The van der Waals surface area contributed by atoms with E-state index in [4.69, 9.17) is 21.3 Å². The Morgan fingerprint density at radius 1 is 1.10 bits per heavy atom. The fraction of sp³-hybridized carbons (Fsp3) is 0.200. The highest BCUT2D eigenvalue weighted by molar-refractivity contribution is 5.57. The third-order valence-corrected chi connectivity index (χ3v) is 2.84. The highest BCUT2D eigenvalue weighted by Crippen LogP contribution is 2.20. The van der Waals surface area contributed by atoms with Gasteiger partial charge < -0.3 is 26.6 Å². The maximum Gasteiger partial charge on any atom is 0.121 e. The van der Waals surface area contributed by atoms with Crippen LogP contribution in [0.4, 0.5) is 17.1 Å². The zero-order valence-corrected chi connectivity index (χ0v) is 11.2. The molecule has 106 valence electrons. The molecule has 0 aromatic heterocycles. The van der Waals surface area contributed by atoms with E-state index in [1.165, 1.54) is 0 Å². The van der Waals surface area contributed by atoms with Gasteiger partial charge in [-0.2, -0.15) is 0 Å². The molecule has 0 unspecified atom stereocenters. The van der Waals surface area contributed by atoms with Gasteiger partial charge in [-0.3, -0.25) is 0 Å². The van der Waals surface area contributed by atoms with Crippen LogP contribution >= 0.6 is 0 Å². The molecule has 0 saturated heterocycles. The van der Waals surface area contributed by atoms with Crippen LogP contribution in [-0.2, 0) is 6.54 Å². The average Bonchev–Trinajstić information content (AvgIpc) is 2.46. The third-order valence-electron chi connectivity index (χ3n) is 2.84. The minimum absolute atomic E-state index is 0.00250. The maximum atomic E-state index is 8.74. The number of hydrogen-bond acceptors (Lipinski definition) is 5. The molecule has 0 aliphatic heterocycles. The summed E-state index contributed by atoms with van der Waals surface area (Å²) in [5.74, 6) is 0.713. The number of ether oxygens (including phenoxy) is 1. The maximum absolute atomic E-state index is 8.74. The zero-order valence-electron chi connectivity index (χ0n) is 11.2. The number of nitrogen functional groups attached to an aromatic ring is 2. The van der Waals surface area contributed by atoms with Crippen LogP contribution in [0.5, 0.6) is 5.75 Å². The Kier molecular flexibility index (Phi) is 4.68. The SMILES string of the molecule is Nc1ccc(N)c(CNc2cccc(OCCO)c2)c1. The van der Waals surface area contributed by atoms with Crippen LogP contribution in [0.1, 0.15) is 5.56 Å². The zero-order chi connectivity index (χ0) is 14.4. The molecule has 20 heavy (non-hydrogen) atoms. The fourth-order valence-electron chi connectivity index (χ4n) is 1.84. The monoisotopic (exact) mass is 273 g/mol. The first kappa shape index (κ1) is 14.0. The summed E-state index contributed by atoms with van der Waals surface area (Å²) in [5.41, 5.74) is 14.9. The van der Waals surface area contributed by atoms with E-state index < -0.39 is 0 Å². The predicted octanol–water partition coefficient (Wildman–Crippen LogP) is 1.83. The molecule has 0 aliphatic carbocycles. The molecule has 0 spiro atoms. The van der Waals surface area contributed by atoms with Crippen molar-refractivity contribution in [3.8, 4) is 5.75 Å². The summed E-state index contributed by atoms with van der Waals surface area (Å²) in [5, 5.41) is 12.0. The highest BCUT2D eigenvalue weighted by atomic mass is 16.5. The van der Waals surface area contributed by atoms with Crippen molar-refractivity contribution >= 4 is 17.1 Å². The lowest BCUT2D eigenvalue weighted by Gasteiger charge is -2.11. The number of nitrogens with two attached hydrogens (primary N) is 2. The number of benzene rings is 2. The molecule has 5 heteroatoms. The first-order valence-electron chi connectivity index (χ1n) is 6.40. The highest BCUT2D eigenvalue weighted by Gasteiger charge is 2.01. The Morgan fingerprint density at radius 3 is 2.75 bits per heavy atom. The van der Waals surface area contributed by atoms with E-state index in [1.807, 2.05) is 30.3 Å². The molecule has 2 aromatic carbocycles. The molecule has 0 radical (unpaired) electrons.